The fraction of sp³-hybridized carbons (Fsp3) is 0.455. The van der Waals surface area contributed by atoms with Gasteiger partial charge in [0, 0.05) is 26.2 Å². The number of anilines is 1. The van der Waals surface area contributed by atoms with Gasteiger partial charge in [0.05, 0.1) is 6.20 Å². The maximum Gasteiger partial charge on any atom is 0.339 e. The maximum absolute atomic E-state index is 13.0. The van der Waals surface area contributed by atoms with E-state index in [-0.39, 0.29) is 11.4 Å². The molecule has 2 N–H and O–H groups in total. The number of aromatic nitrogens is 1. The predicted octanol–water partition coefficient (Wildman–Crippen LogP) is 0.493. The summed E-state index contributed by atoms with van der Waals surface area (Å²) >= 11 is 0. The number of aromatic carboxylic acids is 1. The number of hydrogen-bond acceptors (Lipinski definition) is 5. The summed E-state index contributed by atoms with van der Waals surface area (Å²) in [5.41, 5.74) is 2.77. The Morgan fingerprint density at radius 3 is 2.72 bits per heavy atom. The Hall–Kier alpha value is -1.73. The van der Waals surface area contributed by atoms with E-state index < -0.39 is 11.8 Å². The van der Waals surface area contributed by atoms with E-state index in [9.17, 15) is 9.18 Å². The summed E-state index contributed by atoms with van der Waals surface area (Å²) in [6.45, 7) is 3.29. The molecule has 0 bridgehead atoms. The number of carboxylic acid groups (broad SMARTS) is 1. The molecule has 0 atom stereocenters. The summed E-state index contributed by atoms with van der Waals surface area (Å²) in [4.78, 5) is 17.0. The van der Waals surface area contributed by atoms with Crippen molar-refractivity contribution in [3.8, 4) is 0 Å². The van der Waals surface area contributed by atoms with Crippen LogP contribution in [-0.2, 0) is 0 Å². The molecule has 0 unspecified atom stereocenters. The fourth-order valence-corrected chi connectivity index (χ4v) is 1.76. The summed E-state index contributed by atoms with van der Waals surface area (Å²) < 4.78 is 13.0. The van der Waals surface area contributed by atoms with Gasteiger partial charge in [0.25, 0.3) is 0 Å². The van der Waals surface area contributed by atoms with Gasteiger partial charge in [-0.25, -0.2) is 19.2 Å². The quantitative estimate of drug-likeness (QED) is 0.818. The van der Waals surface area contributed by atoms with Crippen LogP contribution in [0.5, 0.6) is 0 Å². The Morgan fingerprint density at radius 1 is 1.44 bits per heavy atom. The second kappa shape index (κ2) is 5.28. The van der Waals surface area contributed by atoms with Gasteiger partial charge in [0.1, 0.15) is 11.4 Å². The van der Waals surface area contributed by atoms with Crippen LogP contribution >= 0.6 is 0 Å². The van der Waals surface area contributed by atoms with E-state index in [2.05, 4.69) is 15.3 Å². The number of carbonyl (C=O) groups is 1. The summed E-state index contributed by atoms with van der Waals surface area (Å²) in [6, 6.07) is 0.966. The lowest BCUT2D eigenvalue weighted by Gasteiger charge is -2.32. The van der Waals surface area contributed by atoms with E-state index in [0.29, 0.717) is 0 Å². The van der Waals surface area contributed by atoms with Crippen molar-refractivity contribution in [3.63, 3.8) is 0 Å². The number of pyridine rings is 1. The highest BCUT2D eigenvalue weighted by Crippen LogP contribution is 2.15. The first-order valence-corrected chi connectivity index (χ1v) is 5.65. The molecule has 1 aromatic heterocycles. The Labute approximate surface area is 104 Å². The first kappa shape index (κ1) is 12.7. The lowest BCUT2D eigenvalue weighted by molar-refractivity contribution is 0.0696. The summed E-state index contributed by atoms with van der Waals surface area (Å²) in [6.07, 6.45) is 1.00. The van der Waals surface area contributed by atoms with Gasteiger partial charge in [-0.15, -0.1) is 0 Å². The number of halogens is 1. The van der Waals surface area contributed by atoms with Gasteiger partial charge in [-0.1, -0.05) is 0 Å². The second-order valence-electron chi connectivity index (χ2n) is 4.26. The van der Waals surface area contributed by atoms with E-state index >= 15 is 0 Å². The number of nitrogens with zero attached hydrogens (tertiary/aromatic N) is 3. The van der Waals surface area contributed by atoms with Crippen LogP contribution in [0.1, 0.15) is 10.4 Å². The molecule has 18 heavy (non-hydrogen) atoms. The largest absolute Gasteiger partial charge is 0.478 e. The van der Waals surface area contributed by atoms with Crippen molar-refractivity contribution in [3.05, 3.63) is 23.6 Å². The minimum absolute atomic E-state index is 0.158. The van der Waals surface area contributed by atoms with E-state index in [1.54, 1.807) is 0 Å². The van der Waals surface area contributed by atoms with Crippen LogP contribution in [0.3, 0.4) is 0 Å². The molecule has 1 saturated heterocycles. The third kappa shape index (κ3) is 2.93. The van der Waals surface area contributed by atoms with Crippen LogP contribution in [0.25, 0.3) is 0 Å². The van der Waals surface area contributed by atoms with Crippen LogP contribution < -0.4 is 5.43 Å². The molecule has 2 heterocycles. The first-order valence-electron chi connectivity index (χ1n) is 5.65. The Kier molecular flexibility index (Phi) is 3.73. The Bertz CT molecular complexity index is 447. The number of piperazine rings is 1. The molecule has 0 aliphatic carbocycles. The fourth-order valence-electron chi connectivity index (χ4n) is 1.76. The monoisotopic (exact) mass is 254 g/mol. The zero-order valence-corrected chi connectivity index (χ0v) is 10.1. The van der Waals surface area contributed by atoms with E-state index in [1.165, 1.54) is 0 Å². The van der Waals surface area contributed by atoms with Crippen molar-refractivity contribution >= 4 is 11.8 Å². The van der Waals surface area contributed by atoms with Gasteiger partial charge < -0.3 is 15.4 Å². The highest BCUT2D eigenvalue weighted by atomic mass is 19.1. The normalized spacial score (nSPS) is 17.7. The van der Waals surface area contributed by atoms with Gasteiger partial charge in [0.2, 0.25) is 0 Å². The molecule has 1 aliphatic rings. The number of nitrogens with one attached hydrogen (secondary N) is 1. The van der Waals surface area contributed by atoms with Gasteiger partial charge in [0.15, 0.2) is 5.82 Å². The van der Waals surface area contributed by atoms with Crippen LogP contribution in [0.15, 0.2) is 12.3 Å². The van der Waals surface area contributed by atoms with E-state index in [1.807, 2.05) is 12.1 Å². The lowest BCUT2D eigenvalue weighted by Crippen LogP contribution is -2.47. The third-order valence-corrected chi connectivity index (χ3v) is 2.85. The molecule has 6 nitrogen and oxygen atoms in total. The minimum Gasteiger partial charge on any atom is -0.478 e. The molecular weight excluding hydrogens is 239 g/mol. The summed E-state index contributed by atoms with van der Waals surface area (Å²) in [5.74, 6) is -1.68. The van der Waals surface area contributed by atoms with Gasteiger partial charge in [-0.3, -0.25) is 0 Å². The van der Waals surface area contributed by atoms with Crippen LogP contribution in [0.4, 0.5) is 10.2 Å². The van der Waals surface area contributed by atoms with Gasteiger partial charge in [-0.2, -0.15) is 0 Å². The molecule has 1 aromatic rings. The van der Waals surface area contributed by atoms with Crippen LogP contribution in [-0.4, -0.2) is 59.2 Å². The first-order chi connectivity index (χ1) is 8.56. The molecule has 1 fully saturated rings. The smallest absolute Gasteiger partial charge is 0.339 e. The molecule has 0 spiro atoms. The molecule has 1 aliphatic heterocycles. The number of rotatable bonds is 3. The molecule has 0 saturated carbocycles. The van der Waals surface area contributed by atoms with E-state index in [0.717, 1.165) is 38.4 Å². The Balaban J connectivity index is 2.11. The molecule has 0 aromatic carbocycles. The predicted molar refractivity (Wildman–Crippen MR) is 63.8 cm³/mol. The molecule has 0 radical (unpaired) electrons. The standard InChI is InChI=1S/C11H15FN4O2/c1-15-2-4-16(5-3-15)14-10-9(11(17)18)6-8(12)7-13-10/h6-7H,2-5H2,1H3,(H,13,14)(H,17,18). The highest BCUT2D eigenvalue weighted by Gasteiger charge is 2.18. The lowest BCUT2D eigenvalue weighted by atomic mass is 10.2. The average molecular weight is 254 g/mol. The topological polar surface area (TPSA) is 68.7 Å². The van der Waals surface area contributed by atoms with Crippen molar-refractivity contribution in [2.75, 3.05) is 38.7 Å². The zero-order valence-electron chi connectivity index (χ0n) is 10.1. The molecule has 7 heteroatoms. The zero-order chi connectivity index (χ0) is 13.1. The van der Waals surface area contributed by atoms with Crippen LogP contribution in [0.2, 0.25) is 0 Å². The Morgan fingerprint density at radius 2 is 2.11 bits per heavy atom. The van der Waals surface area contributed by atoms with Crippen LogP contribution in [0, 0.1) is 5.82 Å². The van der Waals surface area contributed by atoms with E-state index in [4.69, 9.17) is 5.11 Å². The molecule has 2 rings (SSSR count). The number of carboxylic acids is 1. The maximum atomic E-state index is 13.0. The number of likely N-dealkylation sites (N-methyl/N-ethyl adjacent to an activating group) is 1. The SMILES string of the molecule is CN1CCN(Nc2ncc(F)cc2C(=O)O)CC1. The van der Waals surface area contributed by atoms with Gasteiger partial charge >= 0.3 is 5.97 Å². The molecule has 0 amide bonds. The summed E-state index contributed by atoms with van der Waals surface area (Å²) in [7, 11) is 2.02. The third-order valence-electron chi connectivity index (χ3n) is 2.85. The van der Waals surface area contributed by atoms with Crippen molar-refractivity contribution in [1.82, 2.24) is 14.9 Å². The summed E-state index contributed by atoms with van der Waals surface area (Å²) in [5, 5.41) is 10.9. The van der Waals surface area contributed by atoms with Crippen molar-refractivity contribution in [2.24, 2.45) is 0 Å². The minimum atomic E-state index is -1.20. The number of hydrazine groups is 1. The number of hydrogen-bond donors (Lipinski definition) is 2. The van der Waals surface area contributed by atoms with Crippen molar-refractivity contribution in [1.29, 1.82) is 0 Å². The second-order valence-corrected chi connectivity index (χ2v) is 4.26. The molecule has 98 valence electrons. The average Bonchev–Trinajstić information content (AvgIpc) is 2.34. The van der Waals surface area contributed by atoms with Crippen molar-refractivity contribution in [2.45, 2.75) is 0 Å². The highest BCUT2D eigenvalue weighted by molar-refractivity contribution is 5.92. The molecular formula is C11H15FN4O2. The van der Waals surface area contributed by atoms with Crippen molar-refractivity contribution < 1.29 is 14.3 Å². The van der Waals surface area contributed by atoms with Gasteiger partial charge in [-0.05, 0) is 13.1 Å².